The number of carbonyl (C=O) groups excluding carboxylic acids is 2. The first-order valence-corrected chi connectivity index (χ1v) is 5.13. The zero-order valence-electron chi connectivity index (χ0n) is 9.88. The molecule has 1 atom stereocenters. The van der Waals surface area contributed by atoms with E-state index in [1.54, 1.807) is 0 Å². The quantitative estimate of drug-likeness (QED) is 0.373. The van der Waals surface area contributed by atoms with E-state index in [9.17, 15) is 19.7 Å². The molecule has 0 heterocycles. The van der Waals surface area contributed by atoms with Crippen molar-refractivity contribution in [3.05, 3.63) is 34.4 Å². The summed E-state index contributed by atoms with van der Waals surface area (Å²) in [6, 6.07) is 4.31. The van der Waals surface area contributed by atoms with E-state index in [1.165, 1.54) is 38.1 Å². The summed E-state index contributed by atoms with van der Waals surface area (Å²) in [7, 11) is 0. The topological polar surface area (TPSA) is 98.5 Å². The number of hydrogen-bond donors (Lipinski definition) is 1. The lowest BCUT2D eigenvalue weighted by Gasteiger charge is -2.11. The van der Waals surface area contributed by atoms with Crippen LogP contribution >= 0.6 is 0 Å². The lowest BCUT2D eigenvalue weighted by atomic mass is 10.3. The molecule has 0 fully saturated rings. The van der Waals surface area contributed by atoms with E-state index in [4.69, 9.17) is 4.74 Å². The van der Waals surface area contributed by atoms with Crippen LogP contribution < -0.4 is 10.1 Å². The standard InChI is InChI=1S/C11H12N2O5/c1-7(12-8(2)14)11(15)18-10-5-3-9(4-6-10)13(16)17/h3-7H,1-2H3,(H,12,14)/t7-/m0/s1. The van der Waals surface area contributed by atoms with Crippen LogP contribution in [0.1, 0.15) is 13.8 Å². The van der Waals surface area contributed by atoms with Gasteiger partial charge >= 0.3 is 5.97 Å². The van der Waals surface area contributed by atoms with Crippen molar-refractivity contribution < 1.29 is 19.2 Å². The molecule has 1 aromatic carbocycles. The number of non-ortho nitro benzene ring substituents is 1. The maximum atomic E-state index is 11.5. The Morgan fingerprint density at radius 3 is 2.33 bits per heavy atom. The third-order valence-electron chi connectivity index (χ3n) is 2.04. The number of nitrogens with one attached hydrogen (secondary N) is 1. The van der Waals surface area contributed by atoms with Gasteiger partial charge in [-0.2, -0.15) is 0 Å². The summed E-state index contributed by atoms with van der Waals surface area (Å²) in [4.78, 5) is 32.1. The number of benzene rings is 1. The van der Waals surface area contributed by atoms with Gasteiger partial charge in [-0.1, -0.05) is 0 Å². The molecule has 1 N–H and O–H groups in total. The normalized spacial score (nSPS) is 11.4. The van der Waals surface area contributed by atoms with Crippen molar-refractivity contribution in [3.63, 3.8) is 0 Å². The van der Waals surface area contributed by atoms with E-state index >= 15 is 0 Å². The van der Waals surface area contributed by atoms with Gasteiger partial charge < -0.3 is 10.1 Å². The van der Waals surface area contributed by atoms with E-state index in [1.807, 2.05) is 0 Å². The van der Waals surface area contributed by atoms with Gasteiger partial charge in [-0.25, -0.2) is 4.79 Å². The lowest BCUT2D eigenvalue weighted by molar-refractivity contribution is -0.384. The monoisotopic (exact) mass is 252 g/mol. The smallest absolute Gasteiger partial charge is 0.333 e. The first kappa shape index (κ1) is 13.6. The van der Waals surface area contributed by atoms with Gasteiger partial charge in [0, 0.05) is 19.1 Å². The van der Waals surface area contributed by atoms with Gasteiger partial charge in [-0.15, -0.1) is 0 Å². The third kappa shape index (κ3) is 3.85. The van der Waals surface area contributed by atoms with Crippen molar-refractivity contribution in [2.45, 2.75) is 19.9 Å². The Morgan fingerprint density at radius 1 is 1.33 bits per heavy atom. The van der Waals surface area contributed by atoms with E-state index in [0.29, 0.717) is 0 Å². The molecule has 18 heavy (non-hydrogen) atoms. The van der Waals surface area contributed by atoms with Crippen molar-refractivity contribution >= 4 is 17.6 Å². The zero-order chi connectivity index (χ0) is 13.7. The highest BCUT2D eigenvalue weighted by Crippen LogP contribution is 2.17. The summed E-state index contributed by atoms with van der Waals surface area (Å²) >= 11 is 0. The molecule has 1 rings (SSSR count). The molecule has 0 saturated heterocycles. The Kier molecular flexibility index (Phi) is 4.36. The molecule has 0 bridgehead atoms. The fourth-order valence-corrected chi connectivity index (χ4v) is 1.20. The predicted octanol–water partition coefficient (Wildman–Crippen LogP) is 1.02. The van der Waals surface area contributed by atoms with E-state index in [-0.39, 0.29) is 17.3 Å². The van der Waals surface area contributed by atoms with Crippen LogP contribution in [0.5, 0.6) is 5.75 Å². The second-order valence-corrected chi connectivity index (χ2v) is 3.59. The first-order valence-electron chi connectivity index (χ1n) is 5.13. The summed E-state index contributed by atoms with van der Waals surface area (Å²) in [5, 5.41) is 12.8. The molecule has 96 valence electrons. The second-order valence-electron chi connectivity index (χ2n) is 3.59. The number of hydrogen-bond acceptors (Lipinski definition) is 5. The molecular formula is C11H12N2O5. The largest absolute Gasteiger partial charge is 0.425 e. The van der Waals surface area contributed by atoms with Crippen molar-refractivity contribution in [1.82, 2.24) is 5.32 Å². The average molecular weight is 252 g/mol. The van der Waals surface area contributed by atoms with Gasteiger partial charge in [0.2, 0.25) is 5.91 Å². The minimum atomic E-state index is -0.780. The summed E-state index contributed by atoms with van der Waals surface area (Å²) in [6.45, 7) is 2.77. The van der Waals surface area contributed by atoms with Gasteiger partial charge in [-0.3, -0.25) is 14.9 Å². The number of carbonyl (C=O) groups is 2. The summed E-state index contributed by atoms with van der Waals surface area (Å²) in [6.07, 6.45) is 0. The molecule has 0 aliphatic rings. The van der Waals surface area contributed by atoms with Crippen LogP contribution in [-0.2, 0) is 9.59 Å². The Labute approximate surface area is 103 Å². The van der Waals surface area contributed by atoms with Crippen molar-refractivity contribution in [1.29, 1.82) is 0 Å². The molecule has 0 saturated carbocycles. The second kappa shape index (κ2) is 5.76. The molecule has 0 aromatic heterocycles. The van der Waals surface area contributed by atoms with Crippen LogP contribution in [0.25, 0.3) is 0 Å². The van der Waals surface area contributed by atoms with E-state index in [0.717, 1.165) is 0 Å². The fourth-order valence-electron chi connectivity index (χ4n) is 1.20. The SMILES string of the molecule is CC(=O)N[C@@H](C)C(=O)Oc1ccc([N+](=O)[O-])cc1. The number of ether oxygens (including phenoxy) is 1. The van der Waals surface area contributed by atoms with Gasteiger partial charge in [-0.05, 0) is 19.1 Å². The van der Waals surface area contributed by atoms with Crippen LogP contribution in [0, 0.1) is 10.1 Å². The third-order valence-corrected chi connectivity index (χ3v) is 2.04. The number of nitrogens with zero attached hydrogens (tertiary/aromatic N) is 1. The average Bonchev–Trinajstić information content (AvgIpc) is 2.28. The molecular weight excluding hydrogens is 240 g/mol. The Morgan fingerprint density at radius 2 is 1.89 bits per heavy atom. The molecule has 0 spiro atoms. The lowest BCUT2D eigenvalue weighted by Crippen LogP contribution is -2.39. The summed E-state index contributed by atoms with van der Waals surface area (Å²) < 4.78 is 4.94. The Hall–Kier alpha value is -2.44. The van der Waals surface area contributed by atoms with Gasteiger partial charge in [0.25, 0.3) is 5.69 Å². The Balaban J connectivity index is 2.64. The number of nitro groups is 1. The fraction of sp³-hybridized carbons (Fsp3) is 0.273. The first-order chi connectivity index (χ1) is 8.40. The number of esters is 1. The van der Waals surface area contributed by atoms with E-state index < -0.39 is 16.9 Å². The highest BCUT2D eigenvalue weighted by Gasteiger charge is 2.16. The van der Waals surface area contributed by atoms with Crippen LogP contribution in [0.2, 0.25) is 0 Å². The molecule has 0 aliphatic heterocycles. The molecule has 0 unspecified atom stereocenters. The van der Waals surface area contributed by atoms with Crippen molar-refractivity contribution in [3.8, 4) is 5.75 Å². The predicted molar refractivity (Wildman–Crippen MR) is 62.0 cm³/mol. The minimum Gasteiger partial charge on any atom is -0.425 e. The van der Waals surface area contributed by atoms with Gasteiger partial charge in [0.05, 0.1) is 4.92 Å². The number of nitro benzene ring substituents is 1. The molecule has 0 aliphatic carbocycles. The van der Waals surface area contributed by atoms with Crippen LogP contribution in [-0.4, -0.2) is 22.8 Å². The van der Waals surface area contributed by atoms with Crippen LogP contribution in [0.4, 0.5) is 5.69 Å². The molecule has 7 heteroatoms. The zero-order valence-corrected chi connectivity index (χ0v) is 9.88. The Bertz CT molecular complexity index is 469. The molecule has 1 aromatic rings. The minimum absolute atomic E-state index is 0.0929. The van der Waals surface area contributed by atoms with Crippen LogP contribution in [0.3, 0.4) is 0 Å². The maximum absolute atomic E-state index is 11.5. The highest BCUT2D eigenvalue weighted by molar-refractivity contribution is 5.84. The molecule has 0 radical (unpaired) electrons. The van der Waals surface area contributed by atoms with Gasteiger partial charge in [0.1, 0.15) is 11.8 Å². The van der Waals surface area contributed by atoms with Crippen LogP contribution in [0.15, 0.2) is 24.3 Å². The van der Waals surface area contributed by atoms with E-state index in [2.05, 4.69) is 5.32 Å². The highest BCUT2D eigenvalue weighted by atomic mass is 16.6. The van der Waals surface area contributed by atoms with Crippen molar-refractivity contribution in [2.75, 3.05) is 0 Å². The van der Waals surface area contributed by atoms with Gasteiger partial charge in [0.15, 0.2) is 0 Å². The maximum Gasteiger partial charge on any atom is 0.333 e. The van der Waals surface area contributed by atoms with Crippen molar-refractivity contribution in [2.24, 2.45) is 0 Å². The molecule has 7 nitrogen and oxygen atoms in total. The summed E-state index contributed by atoms with van der Waals surface area (Å²) in [5.74, 6) is -0.801. The summed E-state index contributed by atoms with van der Waals surface area (Å²) in [5.41, 5.74) is -0.0929. The number of amides is 1. The molecule has 1 amide bonds. The number of rotatable bonds is 4.